The van der Waals surface area contributed by atoms with Crippen molar-refractivity contribution in [1.29, 1.82) is 0 Å². The Balaban J connectivity index is 2.05. The van der Waals surface area contributed by atoms with Gasteiger partial charge >= 0.3 is 0 Å². The molecule has 6 nitrogen and oxygen atoms in total. The van der Waals surface area contributed by atoms with Gasteiger partial charge in [0.15, 0.2) is 11.5 Å². The highest BCUT2D eigenvalue weighted by Crippen LogP contribution is 2.36. The molecule has 0 aromatic heterocycles. The topological polar surface area (TPSA) is 72.9 Å². The zero-order chi connectivity index (χ0) is 24.9. The highest BCUT2D eigenvalue weighted by Gasteiger charge is 2.29. The highest BCUT2D eigenvalue weighted by molar-refractivity contribution is 9.10. The summed E-state index contributed by atoms with van der Waals surface area (Å²) in [6.07, 6.45) is 3.56. The average Bonchev–Trinajstić information content (AvgIpc) is 2.83. The Kier molecular flexibility index (Phi) is 8.17. The molecule has 0 spiro atoms. The molecule has 0 aliphatic heterocycles. The minimum Gasteiger partial charge on any atom is -0.493 e. The van der Waals surface area contributed by atoms with Gasteiger partial charge < -0.3 is 9.47 Å². The first-order valence-corrected chi connectivity index (χ1v) is 12.8. The number of halogens is 1. The van der Waals surface area contributed by atoms with E-state index >= 15 is 0 Å². The number of hydrogen-bond acceptors (Lipinski definition) is 5. The Hall–Kier alpha value is -3.10. The SMILES string of the molecule is CCc1ccc(N(C(=O)/C=C/c2cc(Br)c(OC)c(OC)c2)S(=O)(=O)c2ccc(C)cc2)cc1. The van der Waals surface area contributed by atoms with Crippen LogP contribution >= 0.6 is 15.9 Å². The van der Waals surface area contributed by atoms with Crippen molar-refractivity contribution in [2.75, 3.05) is 18.5 Å². The maximum Gasteiger partial charge on any atom is 0.271 e. The minimum absolute atomic E-state index is 0.0354. The van der Waals surface area contributed by atoms with Crippen molar-refractivity contribution in [3.63, 3.8) is 0 Å². The number of amides is 1. The molecule has 1 amide bonds. The number of benzene rings is 3. The molecule has 3 aromatic carbocycles. The van der Waals surface area contributed by atoms with Gasteiger partial charge in [-0.25, -0.2) is 8.42 Å². The van der Waals surface area contributed by atoms with Crippen LogP contribution in [0.1, 0.15) is 23.6 Å². The third-order valence-electron chi connectivity index (χ3n) is 5.21. The van der Waals surface area contributed by atoms with Crippen LogP contribution in [0, 0.1) is 6.92 Å². The standard InChI is InChI=1S/C26H26BrNO5S/c1-5-19-8-11-21(12-9-19)28(34(30,31)22-13-6-18(2)7-14-22)25(29)15-10-20-16-23(27)26(33-4)24(17-20)32-3/h6-17H,5H2,1-4H3/b15-10+. The molecular weight excluding hydrogens is 518 g/mol. The molecule has 0 saturated heterocycles. The van der Waals surface area contributed by atoms with E-state index in [4.69, 9.17) is 9.47 Å². The molecule has 0 radical (unpaired) electrons. The van der Waals surface area contributed by atoms with Crippen molar-refractivity contribution < 1.29 is 22.7 Å². The van der Waals surface area contributed by atoms with Crippen LogP contribution < -0.4 is 13.8 Å². The number of carbonyl (C=O) groups excluding carboxylic acids is 1. The molecule has 0 unspecified atom stereocenters. The second-order valence-electron chi connectivity index (χ2n) is 7.51. The summed E-state index contributed by atoms with van der Waals surface area (Å²) in [5.41, 5.74) is 2.85. The lowest BCUT2D eigenvalue weighted by Gasteiger charge is -2.22. The number of sulfonamides is 1. The molecule has 0 saturated carbocycles. The van der Waals surface area contributed by atoms with Crippen LogP contribution in [0.2, 0.25) is 0 Å². The maximum absolute atomic E-state index is 13.5. The van der Waals surface area contributed by atoms with E-state index in [1.165, 1.54) is 38.5 Å². The molecule has 0 aliphatic carbocycles. The maximum atomic E-state index is 13.5. The summed E-state index contributed by atoms with van der Waals surface area (Å²) in [6, 6.07) is 16.8. The van der Waals surface area contributed by atoms with Gasteiger partial charge in [-0.3, -0.25) is 4.79 Å². The fraction of sp³-hybridized carbons (Fsp3) is 0.192. The molecule has 0 aliphatic rings. The van der Waals surface area contributed by atoms with Gasteiger partial charge in [0.2, 0.25) is 0 Å². The van der Waals surface area contributed by atoms with Crippen molar-refractivity contribution in [1.82, 2.24) is 0 Å². The number of ether oxygens (including phenoxy) is 2. The lowest BCUT2D eigenvalue weighted by molar-refractivity contribution is -0.113. The van der Waals surface area contributed by atoms with E-state index in [0.29, 0.717) is 21.5 Å². The molecule has 3 rings (SSSR count). The second kappa shape index (κ2) is 10.9. The monoisotopic (exact) mass is 543 g/mol. The third kappa shape index (κ3) is 5.51. The van der Waals surface area contributed by atoms with E-state index in [2.05, 4.69) is 15.9 Å². The second-order valence-corrected chi connectivity index (χ2v) is 10.2. The van der Waals surface area contributed by atoms with Gasteiger partial charge in [-0.2, -0.15) is 4.31 Å². The Morgan fingerprint density at radius 2 is 1.65 bits per heavy atom. The van der Waals surface area contributed by atoms with Crippen LogP contribution in [-0.4, -0.2) is 28.5 Å². The van der Waals surface area contributed by atoms with Gasteiger partial charge in [0.1, 0.15) is 0 Å². The Morgan fingerprint density at radius 1 is 1.00 bits per heavy atom. The molecule has 0 heterocycles. The molecule has 3 aromatic rings. The Morgan fingerprint density at radius 3 is 2.21 bits per heavy atom. The molecule has 0 N–H and O–H groups in total. The molecule has 178 valence electrons. The molecule has 0 fully saturated rings. The number of methoxy groups -OCH3 is 2. The van der Waals surface area contributed by atoms with E-state index in [1.54, 1.807) is 36.4 Å². The van der Waals surface area contributed by atoms with Gasteiger partial charge in [0, 0.05) is 6.08 Å². The molecule has 0 atom stereocenters. The van der Waals surface area contributed by atoms with Crippen LogP contribution in [-0.2, 0) is 21.2 Å². The van der Waals surface area contributed by atoms with Crippen LogP contribution in [0.4, 0.5) is 5.69 Å². The summed E-state index contributed by atoms with van der Waals surface area (Å²) >= 11 is 3.42. The van der Waals surface area contributed by atoms with E-state index in [1.807, 2.05) is 26.0 Å². The largest absolute Gasteiger partial charge is 0.493 e. The number of aryl methyl sites for hydroxylation is 2. The minimum atomic E-state index is -4.15. The quantitative estimate of drug-likeness (QED) is 0.337. The fourth-order valence-electron chi connectivity index (χ4n) is 3.34. The number of nitrogens with zero attached hydrogens (tertiary/aromatic N) is 1. The van der Waals surface area contributed by atoms with E-state index < -0.39 is 15.9 Å². The zero-order valence-electron chi connectivity index (χ0n) is 19.4. The van der Waals surface area contributed by atoms with Crippen molar-refractivity contribution >= 4 is 43.6 Å². The summed E-state index contributed by atoms with van der Waals surface area (Å²) in [5, 5.41) is 0. The van der Waals surface area contributed by atoms with E-state index in [9.17, 15) is 13.2 Å². The summed E-state index contributed by atoms with van der Waals surface area (Å²) in [5.74, 6) is 0.296. The van der Waals surface area contributed by atoms with Crippen molar-refractivity contribution in [2.24, 2.45) is 0 Å². The zero-order valence-corrected chi connectivity index (χ0v) is 21.8. The molecule has 34 heavy (non-hydrogen) atoms. The van der Waals surface area contributed by atoms with Crippen LogP contribution in [0.5, 0.6) is 11.5 Å². The van der Waals surface area contributed by atoms with E-state index in [0.717, 1.165) is 21.9 Å². The van der Waals surface area contributed by atoms with Gasteiger partial charge in [-0.1, -0.05) is 36.8 Å². The molecule has 0 bridgehead atoms. The summed E-state index contributed by atoms with van der Waals surface area (Å²) in [6.45, 7) is 3.87. The molecule has 8 heteroatoms. The predicted molar refractivity (Wildman–Crippen MR) is 138 cm³/mol. The van der Waals surface area contributed by atoms with Gasteiger partial charge in [-0.05, 0) is 82.9 Å². The van der Waals surface area contributed by atoms with Crippen molar-refractivity contribution in [3.8, 4) is 11.5 Å². The summed E-state index contributed by atoms with van der Waals surface area (Å²) in [4.78, 5) is 13.3. The highest BCUT2D eigenvalue weighted by atomic mass is 79.9. The van der Waals surface area contributed by atoms with Gasteiger partial charge in [0.25, 0.3) is 15.9 Å². The van der Waals surface area contributed by atoms with E-state index in [-0.39, 0.29) is 10.6 Å². The van der Waals surface area contributed by atoms with Crippen LogP contribution in [0.25, 0.3) is 6.08 Å². The van der Waals surface area contributed by atoms with Crippen LogP contribution in [0.15, 0.2) is 76.1 Å². The number of rotatable bonds is 8. The smallest absolute Gasteiger partial charge is 0.271 e. The predicted octanol–water partition coefficient (Wildman–Crippen LogP) is 5.77. The number of anilines is 1. The lowest BCUT2D eigenvalue weighted by Crippen LogP contribution is -2.35. The third-order valence-corrected chi connectivity index (χ3v) is 7.54. The lowest BCUT2D eigenvalue weighted by atomic mass is 10.1. The average molecular weight is 544 g/mol. The normalized spacial score (nSPS) is 11.4. The Bertz CT molecular complexity index is 1300. The number of hydrogen-bond donors (Lipinski definition) is 0. The molecular formula is C26H26BrNO5S. The first-order valence-electron chi connectivity index (χ1n) is 10.6. The Labute approximate surface area is 209 Å². The van der Waals surface area contributed by atoms with Crippen LogP contribution in [0.3, 0.4) is 0 Å². The van der Waals surface area contributed by atoms with Crippen molar-refractivity contribution in [3.05, 3.63) is 87.9 Å². The first-order chi connectivity index (χ1) is 16.2. The van der Waals surface area contributed by atoms with Gasteiger partial charge in [-0.15, -0.1) is 0 Å². The first kappa shape index (κ1) is 25.5. The summed E-state index contributed by atoms with van der Waals surface area (Å²) in [7, 11) is -1.11. The fourth-order valence-corrected chi connectivity index (χ4v) is 5.35. The van der Waals surface area contributed by atoms with Crippen molar-refractivity contribution in [2.45, 2.75) is 25.2 Å². The number of carbonyl (C=O) groups is 1. The summed E-state index contributed by atoms with van der Waals surface area (Å²) < 4.78 is 39.2. The van der Waals surface area contributed by atoms with Gasteiger partial charge in [0.05, 0.1) is 29.3 Å².